The highest BCUT2D eigenvalue weighted by Crippen LogP contribution is 2.48. The number of rotatable bonds is 3. The molecule has 2 heterocycles. The van der Waals surface area contributed by atoms with Crippen molar-refractivity contribution in [3.05, 3.63) is 126 Å². The van der Waals surface area contributed by atoms with Gasteiger partial charge < -0.3 is 0 Å². The molecular formula is C38H33N3. The zero-order valence-corrected chi connectivity index (χ0v) is 24.2. The fraction of sp³-hybridized carbons (Fsp3) is 0.184. The smallest absolute Gasteiger partial charge is 0.112 e. The lowest BCUT2D eigenvalue weighted by atomic mass is 9.85. The van der Waals surface area contributed by atoms with Crippen LogP contribution in [0.5, 0.6) is 0 Å². The van der Waals surface area contributed by atoms with Crippen LogP contribution in [0.1, 0.15) is 51.4 Å². The van der Waals surface area contributed by atoms with Crippen LogP contribution in [0.15, 0.2) is 109 Å². The van der Waals surface area contributed by atoms with E-state index >= 15 is 0 Å². The molecule has 7 rings (SSSR count). The van der Waals surface area contributed by atoms with E-state index in [1.54, 1.807) is 0 Å². The van der Waals surface area contributed by atoms with Gasteiger partial charge in [0, 0.05) is 22.1 Å². The maximum Gasteiger partial charge on any atom is 0.112 e. The molecule has 200 valence electrons. The lowest BCUT2D eigenvalue weighted by Crippen LogP contribution is -2.18. The highest BCUT2D eigenvalue weighted by atomic mass is 14.9. The first-order valence-corrected chi connectivity index (χ1v) is 14.3. The van der Waals surface area contributed by atoms with Crippen molar-refractivity contribution in [3.63, 3.8) is 0 Å². The van der Waals surface area contributed by atoms with Crippen molar-refractivity contribution in [2.75, 3.05) is 0 Å². The number of fused-ring (bicyclic) bond motifs is 4. The summed E-state index contributed by atoms with van der Waals surface area (Å²) in [6, 6.07) is 38.5. The molecule has 0 unspecified atom stereocenters. The van der Waals surface area contributed by atoms with Gasteiger partial charge in [0.05, 0.1) is 28.5 Å². The Morgan fingerprint density at radius 1 is 0.537 bits per heavy atom. The normalized spacial score (nSPS) is 13.7. The second-order valence-electron chi connectivity index (χ2n) is 12.6. The van der Waals surface area contributed by atoms with Crippen LogP contribution in [0.2, 0.25) is 0 Å². The maximum atomic E-state index is 5.41. The average molecular weight is 532 g/mol. The molecule has 0 saturated carbocycles. The zero-order chi connectivity index (χ0) is 28.4. The third kappa shape index (κ3) is 4.15. The molecule has 0 spiro atoms. The predicted octanol–water partition coefficient (Wildman–Crippen LogP) is 9.63. The average Bonchev–Trinajstić information content (AvgIpc) is 3.21. The van der Waals surface area contributed by atoms with Gasteiger partial charge in [-0.05, 0) is 47.2 Å². The number of nitrogens with zero attached hydrogens (tertiary/aromatic N) is 3. The molecule has 3 heteroatoms. The Morgan fingerprint density at radius 3 is 1.95 bits per heavy atom. The van der Waals surface area contributed by atoms with Crippen molar-refractivity contribution in [2.24, 2.45) is 0 Å². The molecule has 4 aromatic carbocycles. The third-order valence-electron chi connectivity index (χ3n) is 8.42. The largest absolute Gasteiger partial charge is 0.247 e. The number of pyridine rings is 1. The number of hydrogen-bond acceptors (Lipinski definition) is 3. The van der Waals surface area contributed by atoms with Crippen LogP contribution in [0.25, 0.3) is 55.9 Å². The van der Waals surface area contributed by atoms with Crippen molar-refractivity contribution in [1.82, 2.24) is 15.0 Å². The van der Waals surface area contributed by atoms with Crippen LogP contribution < -0.4 is 0 Å². The summed E-state index contributed by atoms with van der Waals surface area (Å²) in [6.07, 6.45) is 0. The number of hydrogen-bond donors (Lipinski definition) is 0. The molecule has 0 bridgehead atoms. The summed E-state index contributed by atoms with van der Waals surface area (Å²) >= 11 is 0. The van der Waals surface area contributed by atoms with E-state index in [0.29, 0.717) is 0 Å². The minimum Gasteiger partial charge on any atom is -0.247 e. The molecule has 0 amide bonds. The van der Waals surface area contributed by atoms with Gasteiger partial charge in [-0.15, -0.1) is 0 Å². The summed E-state index contributed by atoms with van der Waals surface area (Å²) in [5, 5.41) is 2.41. The molecule has 41 heavy (non-hydrogen) atoms. The van der Waals surface area contributed by atoms with Crippen LogP contribution in [0, 0.1) is 0 Å². The van der Waals surface area contributed by atoms with Crippen molar-refractivity contribution < 1.29 is 0 Å². The fourth-order valence-electron chi connectivity index (χ4n) is 6.03. The Hall–Kier alpha value is -4.63. The van der Waals surface area contributed by atoms with Crippen LogP contribution in [0.3, 0.4) is 0 Å². The highest BCUT2D eigenvalue weighted by Gasteiger charge is 2.40. The van der Waals surface area contributed by atoms with Crippen LogP contribution in [-0.4, -0.2) is 15.0 Å². The maximum absolute atomic E-state index is 5.41. The van der Waals surface area contributed by atoms with E-state index < -0.39 is 0 Å². The molecule has 2 aromatic heterocycles. The number of aromatic nitrogens is 3. The first-order valence-electron chi connectivity index (χ1n) is 14.3. The molecular weight excluding hydrogens is 498 g/mol. The molecule has 0 saturated heterocycles. The fourth-order valence-corrected chi connectivity index (χ4v) is 6.03. The van der Waals surface area contributed by atoms with Crippen LogP contribution >= 0.6 is 0 Å². The lowest BCUT2D eigenvalue weighted by molar-refractivity contribution is 0.590. The molecule has 6 aromatic rings. The molecule has 1 aliphatic rings. The number of benzene rings is 4. The summed E-state index contributed by atoms with van der Waals surface area (Å²) < 4.78 is 0. The van der Waals surface area contributed by atoms with E-state index in [9.17, 15) is 0 Å². The first-order chi connectivity index (χ1) is 19.7. The van der Waals surface area contributed by atoms with Crippen molar-refractivity contribution in [2.45, 2.75) is 45.4 Å². The Bertz CT molecular complexity index is 1920. The molecule has 1 aliphatic carbocycles. The lowest BCUT2D eigenvalue weighted by Gasteiger charge is -2.22. The van der Waals surface area contributed by atoms with E-state index in [4.69, 9.17) is 15.0 Å². The van der Waals surface area contributed by atoms with E-state index in [1.165, 1.54) is 16.3 Å². The summed E-state index contributed by atoms with van der Waals surface area (Å²) in [6.45, 7) is 11.2. The van der Waals surface area contributed by atoms with Crippen LogP contribution in [-0.2, 0) is 10.8 Å². The van der Waals surface area contributed by atoms with Gasteiger partial charge in [0.15, 0.2) is 0 Å². The van der Waals surface area contributed by atoms with Crippen molar-refractivity contribution in [3.8, 4) is 45.2 Å². The SMILES string of the molecule is CC(C)(C)c1ccc(-c2nc3c(nc2-c2ccccc2)-c2nc(-c4cccc5ccccc45)ccc2C3(C)C)cc1. The van der Waals surface area contributed by atoms with Gasteiger partial charge in [-0.1, -0.05) is 124 Å². The Kier molecular flexibility index (Phi) is 5.69. The van der Waals surface area contributed by atoms with Gasteiger partial charge in [0.25, 0.3) is 0 Å². The Balaban J connectivity index is 1.45. The minimum atomic E-state index is -0.322. The van der Waals surface area contributed by atoms with E-state index in [-0.39, 0.29) is 10.8 Å². The van der Waals surface area contributed by atoms with Crippen molar-refractivity contribution >= 4 is 10.8 Å². The van der Waals surface area contributed by atoms with E-state index in [0.717, 1.165) is 56.4 Å². The van der Waals surface area contributed by atoms with Gasteiger partial charge in [0.2, 0.25) is 0 Å². The molecule has 0 fully saturated rings. The Labute approximate surface area is 242 Å². The highest BCUT2D eigenvalue weighted by molar-refractivity contribution is 5.96. The quantitative estimate of drug-likeness (QED) is 0.228. The second kappa shape index (κ2) is 9.21. The summed E-state index contributed by atoms with van der Waals surface area (Å²) in [5.41, 5.74) is 11.0. The standard InChI is InChI=1S/C38H33N3/c1-37(2,3)27-20-18-26(19-21-27)33-32(25-13-7-6-8-14-25)40-35-34-30(38(4,5)36(35)41-33)22-23-31(39-34)29-17-11-15-24-12-9-10-16-28(24)29/h6-23H,1-5H3. The molecule has 0 N–H and O–H groups in total. The summed E-state index contributed by atoms with van der Waals surface area (Å²) in [5.74, 6) is 0. The predicted molar refractivity (Wildman–Crippen MR) is 170 cm³/mol. The van der Waals surface area contributed by atoms with E-state index in [1.807, 2.05) is 6.07 Å². The van der Waals surface area contributed by atoms with Gasteiger partial charge in [-0.3, -0.25) is 0 Å². The molecule has 0 aliphatic heterocycles. The molecule has 0 radical (unpaired) electrons. The van der Waals surface area contributed by atoms with E-state index in [2.05, 4.69) is 138 Å². The van der Waals surface area contributed by atoms with Crippen LogP contribution in [0.4, 0.5) is 0 Å². The molecule has 0 atom stereocenters. The van der Waals surface area contributed by atoms with Gasteiger partial charge in [0.1, 0.15) is 5.69 Å². The first kappa shape index (κ1) is 25.3. The van der Waals surface area contributed by atoms with Gasteiger partial charge in [-0.2, -0.15) is 0 Å². The van der Waals surface area contributed by atoms with Crippen molar-refractivity contribution in [1.29, 1.82) is 0 Å². The van der Waals surface area contributed by atoms with Gasteiger partial charge in [-0.25, -0.2) is 15.0 Å². The topological polar surface area (TPSA) is 38.7 Å². The monoisotopic (exact) mass is 531 g/mol. The minimum absolute atomic E-state index is 0.0848. The zero-order valence-electron chi connectivity index (χ0n) is 24.2. The Morgan fingerprint density at radius 2 is 1.20 bits per heavy atom. The third-order valence-corrected chi connectivity index (χ3v) is 8.42. The summed E-state index contributed by atoms with van der Waals surface area (Å²) in [7, 11) is 0. The summed E-state index contributed by atoms with van der Waals surface area (Å²) in [4.78, 5) is 16.1. The molecule has 3 nitrogen and oxygen atoms in total. The second-order valence-corrected chi connectivity index (χ2v) is 12.6. The van der Waals surface area contributed by atoms with Gasteiger partial charge >= 0.3 is 0 Å².